The lowest BCUT2D eigenvalue weighted by Gasteiger charge is -2.08. The van der Waals surface area contributed by atoms with Crippen molar-refractivity contribution in [1.82, 2.24) is 5.32 Å². The van der Waals surface area contributed by atoms with Crippen LogP contribution in [0.5, 0.6) is 0 Å². The van der Waals surface area contributed by atoms with Gasteiger partial charge in [0.15, 0.2) is 0 Å². The Morgan fingerprint density at radius 2 is 2.31 bits per heavy atom. The minimum absolute atomic E-state index is 0.264. The number of aryl methyl sites for hydroxylation is 1. The van der Waals surface area contributed by atoms with E-state index in [1.54, 1.807) is 11.4 Å². The van der Waals surface area contributed by atoms with E-state index in [1.807, 2.05) is 0 Å². The molecule has 0 aliphatic rings. The summed E-state index contributed by atoms with van der Waals surface area (Å²) in [5.74, 6) is -1.30. The highest BCUT2D eigenvalue weighted by atomic mass is 35.5. The van der Waals surface area contributed by atoms with Crippen molar-refractivity contribution in [2.75, 3.05) is 0 Å². The molecule has 1 aromatic heterocycles. The second kappa shape index (κ2) is 5.86. The molecule has 0 fully saturated rings. The minimum atomic E-state index is -1.03. The molecule has 0 aliphatic carbocycles. The Kier molecular flexibility index (Phi) is 4.76. The van der Waals surface area contributed by atoms with E-state index in [9.17, 15) is 9.59 Å². The first kappa shape index (κ1) is 13.0. The van der Waals surface area contributed by atoms with Gasteiger partial charge in [0.25, 0.3) is 0 Å². The maximum Gasteiger partial charge on any atom is 0.325 e. The van der Waals surface area contributed by atoms with E-state index in [1.165, 1.54) is 18.3 Å². The first-order valence-electron chi connectivity index (χ1n) is 4.74. The molecule has 16 heavy (non-hydrogen) atoms. The molecular weight excluding hydrogens is 250 g/mol. The Bertz CT molecular complexity index is 391. The molecule has 1 atom stereocenters. The zero-order valence-electron chi connectivity index (χ0n) is 8.70. The number of nitrogens with one attached hydrogen (secondary N) is 1. The number of aliphatic carboxylic acids is 1. The van der Waals surface area contributed by atoms with Gasteiger partial charge in [0, 0.05) is 16.7 Å². The molecular formula is C10H12ClNO3S. The zero-order chi connectivity index (χ0) is 12.1. The van der Waals surface area contributed by atoms with Crippen LogP contribution in [0, 0.1) is 0 Å². The van der Waals surface area contributed by atoms with Crippen LogP contribution in [0.2, 0.25) is 5.02 Å². The third-order valence-corrected chi connectivity index (χ3v) is 3.31. The van der Waals surface area contributed by atoms with Gasteiger partial charge in [-0.25, -0.2) is 0 Å². The van der Waals surface area contributed by atoms with Crippen LogP contribution in [-0.2, 0) is 16.0 Å². The fourth-order valence-corrected chi connectivity index (χ4v) is 2.17. The van der Waals surface area contributed by atoms with Crippen LogP contribution in [0.25, 0.3) is 0 Å². The highest BCUT2D eigenvalue weighted by Gasteiger charge is 2.13. The lowest BCUT2D eigenvalue weighted by Crippen LogP contribution is -2.38. The average Bonchev–Trinajstić information content (AvgIpc) is 2.61. The highest BCUT2D eigenvalue weighted by molar-refractivity contribution is 7.10. The normalized spacial score (nSPS) is 12.1. The van der Waals surface area contributed by atoms with Gasteiger partial charge < -0.3 is 10.4 Å². The summed E-state index contributed by atoms with van der Waals surface area (Å²) in [7, 11) is 0. The second-order valence-corrected chi connectivity index (χ2v) is 4.79. The van der Waals surface area contributed by atoms with Gasteiger partial charge in [-0.3, -0.25) is 9.59 Å². The van der Waals surface area contributed by atoms with E-state index in [0.29, 0.717) is 11.4 Å². The van der Waals surface area contributed by atoms with Gasteiger partial charge in [0.2, 0.25) is 5.91 Å². The van der Waals surface area contributed by atoms with Crippen LogP contribution >= 0.6 is 22.9 Å². The van der Waals surface area contributed by atoms with Crippen LogP contribution < -0.4 is 5.32 Å². The standard InChI is InChI=1S/C10H12ClNO3S/c1-6(10(14)15)12-9(13)3-2-8-4-7(11)5-16-8/h4-6H,2-3H2,1H3,(H,12,13)(H,14,15)/t6-/m1/s1. The van der Waals surface area contributed by atoms with Gasteiger partial charge in [-0.2, -0.15) is 0 Å². The van der Waals surface area contributed by atoms with E-state index in [2.05, 4.69) is 5.32 Å². The molecule has 6 heteroatoms. The molecule has 0 spiro atoms. The maximum absolute atomic E-state index is 11.3. The van der Waals surface area contributed by atoms with Crippen molar-refractivity contribution in [2.45, 2.75) is 25.8 Å². The number of carbonyl (C=O) groups excluding carboxylic acids is 1. The number of halogens is 1. The Morgan fingerprint density at radius 1 is 1.62 bits per heavy atom. The number of carboxylic acid groups (broad SMARTS) is 1. The molecule has 0 saturated carbocycles. The third-order valence-electron chi connectivity index (χ3n) is 1.97. The zero-order valence-corrected chi connectivity index (χ0v) is 10.3. The Balaban J connectivity index is 2.33. The molecule has 0 aromatic carbocycles. The summed E-state index contributed by atoms with van der Waals surface area (Å²) in [5, 5.41) is 13.4. The van der Waals surface area contributed by atoms with Gasteiger partial charge in [-0.15, -0.1) is 11.3 Å². The SMILES string of the molecule is C[C@@H](NC(=O)CCc1cc(Cl)cs1)C(=O)O. The summed E-state index contributed by atoms with van der Waals surface area (Å²) < 4.78 is 0. The Morgan fingerprint density at radius 3 is 2.81 bits per heavy atom. The van der Waals surface area contributed by atoms with E-state index in [-0.39, 0.29) is 12.3 Å². The summed E-state index contributed by atoms with van der Waals surface area (Å²) in [6, 6.07) is 0.958. The molecule has 1 amide bonds. The lowest BCUT2D eigenvalue weighted by atomic mass is 10.2. The first-order valence-corrected chi connectivity index (χ1v) is 6.00. The maximum atomic E-state index is 11.3. The molecule has 1 heterocycles. The van der Waals surface area contributed by atoms with E-state index >= 15 is 0 Å². The molecule has 2 N–H and O–H groups in total. The highest BCUT2D eigenvalue weighted by Crippen LogP contribution is 2.20. The van der Waals surface area contributed by atoms with Crippen molar-refractivity contribution in [3.05, 3.63) is 21.3 Å². The number of amides is 1. The lowest BCUT2D eigenvalue weighted by molar-refractivity contribution is -0.141. The Labute approximate surface area is 102 Å². The summed E-state index contributed by atoms with van der Waals surface area (Å²) in [5.41, 5.74) is 0. The average molecular weight is 262 g/mol. The van der Waals surface area contributed by atoms with E-state index in [4.69, 9.17) is 16.7 Å². The van der Waals surface area contributed by atoms with E-state index < -0.39 is 12.0 Å². The summed E-state index contributed by atoms with van der Waals surface area (Å²) in [6.07, 6.45) is 0.851. The number of hydrogen-bond donors (Lipinski definition) is 2. The first-order chi connectivity index (χ1) is 7.49. The second-order valence-electron chi connectivity index (χ2n) is 3.36. The molecule has 0 aliphatic heterocycles. The fraction of sp³-hybridized carbons (Fsp3) is 0.400. The van der Waals surface area contributed by atoms with Crippen molar-refractivity contribution in [2.24, 2.45) is 0 Å². The van der Waals surface area contributed by atoms with Gasteiger partial charge in [-0.1, -0.05) is 11.6 Å². The molecule has 0 saturated heterocycles. The quantitative estimate of drug-likeness (QED) is 0.851. The van der Waals surface area contributed by atoms with Crippen LogP contribution in [0.15, 0.2) is 11.4 Å². The number of rotatable bonds is 5. The summed E-state index contributed by atoms with van der Waals surface area (Å²) in [4.78, 5) is 22.8. The van der Waals surface area contributed by atoms with Crippen molar-refractivity contribution in [3.8, 4) is 0 Å². The van der Waals surface area contributed by atoms with Crippen LogP contribution in [-0.4, -0.2) is 23.0 Å². The predicted molar refractivity (Wildman–Crippen MR) is 62.9 cm³/mol. The smallest absolute Gasteiger partial charge is 0.325 e. The van der Waals surface area contributed by atoms with Crippen LogP contribution in [0.1, 0.15) is 18.2 Å². The monoisotopic (exact) mass is 261 g/mol. The molecule has 0 bridgehead atoms. The predicted octanol–water partition coefficient (Wildman–Crippen LogP) is 1.92. The molecule has 88 valence electrons. The van der Waals surface area contributed by atoms with Crippen LogP contribution in [0.3, 0.4) is 0 Å². The van der Waals surface area contributed by atoms with Gasteiger partial charge >= 0.3 is 5.97 Å². The topological polar surface area (TPSA) is 66.4 Å². The third kappa shape index (κ3) is 4.20. The van der Waals surface area contributed by atoms with Crippen molar-refractivity contribution in [1.29, 1.82) is 0 Å². The number of carboxylic acids is 1. The summed E-state index contributed by atoms with van der Waals surface area (Å²) in [6.45, 7) is 1.43. The molecule has 4 nitrogen and oxygen atoms in total. The number of hydrogen-bond acceptors (Lipinski definition) is 3. The van der Waals surface area contributed by atoms with Gasteiger partial charge in [0.05, 0.1) is 5.02 Å². The van der Waals surface area contributed by atoms with Crippen molar-refractivity contribution >= 4 is 34.8 Å². The summed E-state index contributed by atoms with van der Waals surface area (Å²) >= 11 is 7.22. The van der Waals surface area contributed by atoms with E-state index in [0.717, 1.165) is 4.88 Å². The largest absolute Gasteiger partial charge is 0.480 e. The Hall–Kier alpha value is -1.07. The van der Waals surface area contributed by atoms with Gasteiger partial charge in [-0.05, 0) is 19.4 Å². The fourth-order valence-electron chi connectivity index (χ4n) is 1.10. The van der Waals surface area contributed by atoms with Gasteiger partial charge in [0.1, 0.15) is 6.04 Å². The van der Waals surface area contributed by atoms with Crippen molar-refractivity contribution < 1.29 is 14.7 Å². The minimum Gasteiger partial charge on any atom is -0.480 e. The van der Waals surface area contributed by atoms with Crippen LogP contribution in [0.4, 0.5) is 0 Å². The number of carbonyl (C=O) groups is 2. The molecule has 1 rings (SSSR count). The molecule has 0 radical (unpaired) electrons. The molecule has 1 aromatic rings. The number of thiophene rings is 1. The molecule has 0 unspecified atom stereocenters. The van der Waals surface area contributed by atoms with Crippen molar-refractivity contribution in [3.63, 3.8) is 0 Å².